The number of aliphatic hydroxyl groups is 1. The van der Waals surface area contributed by atoms with Crippen LogP contribution < -0.4 is 0 Å². The number of hydrogen-bond acceptors (Lipinski definition) is 2. The largest absolute Gasteiger partial charge is 0.396 e. The molecular weight excluding hydrogens is 198 g/mol. The molecule has 0 aliphatic carbocycles. The van der Waals surface area contributed by atoms with E-state index in [2.05, 4.69) is 16.8 Å². The molecule has 1 N–H and O–H groups in total. The van der Waals surface area contributed by atoms with Gasteiger partial charge >= 0.3 is 0 Å². The van der Waals surface area contributed by atoms with Crippen molar-refractivity contribution >= 4 is 10.9 Å². The molecule has 16 heavy (non-hydrogen) atoms. The Bertz CT molecular complexity index is 532. The molecule has 1 heterocycles. The van der Waals surface area contributed by atoms with Crippen molar-refractivity contribution < 1.29 is 5.11 Å². The van der Waals surface area contributed by atoms with Crippen LogP contribution in [0.4, 0.5) is 0 Å². The van der Waals surface area contributed by atoms with Crippen LogP contribution in [0, 0.1) is 11.8 Å². The Morgan fingerprint density at radius 1 is 1.19 bits per heavy atom. The van der Waals surface area contributed by atoms with Crippen LogP contribution in [0.1, 0.15) is 18.4 Å². The zero-order valence-corrected chi connectivity index (χ0v) is 8.98. The first-order chi connectivity index (χ1) is 7.92. The fourth-order valence-corrected chi connectivity index (χ4v) is 1.53. The first-order valence-corrected chi connectivity index (χ1v) is 5.35. The molecule has 2 rings (SSSR count). The summed E-state index contributed by atoms with van der Waals surface area (Å²) in [6.07, 6.45) is 3.23. The number of fused-ring (bicyclic) bond motifs is 1. The van der Waals surface area contributed by atoms with E-state index in [1.807, 2.05) is 30.3 Å². The summed E-state index contributed by atoms with van der Waals surface area (Å²) in [5, 5.41) is 9.76. The van der Waals surface area contributed by atoms with Gasteiger partial charge in [-0.2, -0.15) is 0 Å². The summed E-state index contributed by atoms with van der Waals surface area (Å²) in [6.45, 7) is 0.197. The number of para-hydroxylation sites is 1. The number of benzene rings is 1. The van der Waals surface area contributed by atoms with Gasteiger partial charge in [-0.05, 0) is 18.6 Å². The van der Waals surface area contributed by atoms with Crippen molar-refractivity contribution in [3.8, 4) is 11.8 Å². The lowest BCUT2D eigenvalue weighted by atomic mass is 10.1. The highest BCUT2D eigenvalue weighted by molar-refractivity contribution is 5.84. The van der Waals surface area contributed by atoms with Crippen LogP contribution in [-0.4, -0.2) is 16.7 Å². The molecule has 0 aliphatic rings. The van der Waals surface area contributed by atoms with Crippen molar-refractivity contribution in [1.82, 2.24) is 4.98 Å². The Balaban J connectivity index is 2.32. The summed E-state index contributed by atoms with van der Waals surface area (Å²) in [6, 6.07) is 9.94. The number of aromatic nitrogens is 1. The number of unbranched alkanes of at least 4 members (excludes halogenated alkanes) is 1. The Morgan fingerprint density at radius 3 is 2.94 bits per heavy atom. The van der Waals surface area contributed by atoms with E-state index in [4.69, 9.17) is 5.11 Å². The first kappa shape index (κ1) is 10.7. The third kappa shape index (κ3) is 2.39. The van der Waals surface area contributed by atoms with Gasteiger partial charge in [-0.1, -0.05) is 30.0 Å². The molecule has 0 saturated heterocycles. The summed E-state index contributed by atoms with van der Waals surface area (Å²) in [5.41, 5.74) is 1.90. The van der Waals surface area contributed by atoms with Gasteiger partial charge in [0.25, 0.3) is 0 Å². The summed E-state index contributed by atoms with van der Waals surface area (Å²) in [4.78, 5) is 4.33. The molecule has 0 unspecified atom stereocenters. The van der Waals surface area contributed by atoms with E-state index in [9.17, 15) is 0 Å². The van der Waals surface area contributed by atoms with Gasteiger partial charge in [-0.3, -0.25) is 4.98 Å². The van der Waals surface area contributed by atoms with Gasteiger partial charge < -0.3 is 5.11 Å². The topological polar surface area (TPSA) is 33.1 Å². The molecule has 0 radical (unpaired) electrons. The van der Waals surface area contributed by atoms with E-state index in [0.717, 1.165) is 29.3 Å². The van der Waals surface area contributed by atoms with Crippen LogP contribution in [-0.2, 0) is 0 Å². The number of hydrogen-bond donors (Lipinski definition) is 1. The minimum Gasteiger partial charge on any atom is -0.396 e. The van der Waals surface area contributed by atoms with E-state index in [1.165, 1.54) is 0 Å². The van der Waals surface area contributed by atoms with Crippen LogP contribution >= 0.6 is 0 Å². The smallest absolute Gasteiger partial charge is 0.0858 e. The van der Waals surface area contributed by atoms with Crippen molar-refractivity contribution in [3.05, 3.63) is 42.1 Å². The van der Waals surface area contributed by atoms with E-state index in [1.54, 1.807) is 6.20 Å². The zero-order chi connectivity index (χ0) is 11.2. The summed E-state index contributed by atoms with van der Waals surface area (Å²) in [5.74, 6) is 6.14. The van der Waals surface area contributed by atoms with Gasteiger partial charge in [0.05, 0.1) is 11.1 Å². The number of rotatable bonds is 2. The molecule has 2 nitrogen and oxygen atoms in total. The van der Waals surface area contributed by atoms with Crippen LogP contribution in [0.3, 0.4) is 0 Å². The SMILES string of the molecule is OCCCC#Cc1cccc2cccnc12. The highest BCUT2D eigenvalue weighted by atomic mass is 16.2. The fraction of sp³-hybridized carbons (Fsp3) is 0.214. The molecular formula is C14H13NO. The predicted octanol–water partition coefficient (Wildman–Crippen LogP) is 2.36. The average molecular weight is 211 g/mol. The maximum atomic E-state index is 8.66. The zero-order valence-electron chi connectivity index (χ0n) is 8.98. The highest BCUT2D eigenvalue weighted by Crippen LogP contribution is 2.14. The van der Waals surface area contributed by atoms with E-state index in [0.29, 0.717) is 0 Å². The first-order valence-electron chi connectivity index (χ1n) is 5.35. The third-order valence-electron chi connectivity index (χ3n) is 2.32. The number of pyridine rings is 1. The van der Waals surface area contributed by atoms with Crippen LogP contribution in [0.25, 0.3) is 10.9 Å². The minimum absolute atomic E-state index is 0.197. The van der Waals surface area contributed by atoms with Crippen LogP contribution in [0.15, 0.2) is 36.5 Å². The van der Waals surface area contributed by atoms with Gasteiger partial charge in [0.2, 0.25) is 0 Å². The predicted molar refractivity (Wildman–Crippen MR) is 64.9 cm³/mol. The Labute approximate surface area is 95.0 Å². The molecule has 1 aromatic heterocycles. The number of aliphatic hydroxyl groups excluding tert-OH is 1. The minimum atomic E-state index is 0.197. The van der Waals surface area contributed by atoms with Gasteiger partial charge in [-0.25, -0.2) is 0 Å². The molecule has 0 fully saturated rings. The number of nitrogens with zero attached hydrogens (tertiary/aromatic N) is 1. The lowest BCUT2D eigenvalue weighted by Gasteiger charge is -1.98. The second-order valence-corrected chi connectivity index (χ2v) is 3.51. The normalized spacial score (nSPS) is 9.81. The van der Waals surface area contributed by atoms with Crippen molar-refractivity contribution in [1.29, 1.82) is 0 Å². The van der Waals surface area contributed by atoms with E-state index < -0.39 is 0 Å². The van der Waals surface area contributed by atoms with Gasteiger partial charge in [0.1, 0.15) is 0 Å². The maximum Gasteiger partial charge on any atom is 0.0858 e. The molecule has 0 bridgehead atoms. The molecule has 0 amide bonds. The maximum absolute atomic E-state index is 8.66. The quantitative estimate of drug-likeness (QED) is 0.611. The molecule has 80 valence electrons. The molecule has 0 atom stereocenters. The van der Waals surface area contributed by atoms with Crippen molar-refractivity contribution in [2.75, 3.05) is 6.61 Å². The molecule has 1 aromatic carbocycles. The lowest BCUT2D eigenvalue weighted by Crippen LogP contribution is -1.83. The van der Waals surface area contributed by atoms with Crippen molar-refractivity contribution in [3.63, 3.8) is 0 Å². The van der Waals surface area contributed by atoms with Gasteiger partial charge in [-0.15, -0.1) is 0 Å². The highest BCUT2D eigenvalue weighted by Gasteiger charge is 1.97. The molecule has 0 saturated carbocycles. The van der Waals surface area contributed by atoms with E-state index in [-0.39, 0.29) is 6.61 Å². The Morgan fingerprint density at radius 2 is 2.06 bits per heavy atom. The second-order valence-electron chi connectivity index (χ2n) is 3.51. The van der Waals surface area contributed by atoms with Crippen molar-refractivity contribution in [2.24, 2.45) is 0 Å². The second kappa shape index (κ2) is 5.29. The molecule has 2 aromatic rings. The fourth-order valence-electron chi connectivity index (χ4n) is 1.53. The van der Waals surface area contributed by atoms with E-state index >= 15 is 0 Å². The van der Waals surface area contributed by atoms with Gasteiger partial charge in [0, 0.05) is 24.6 Å². The Kier molecular flexibility index (Phi) is 3.53. The monoisotopic (exact) mass is 211 g/mol. The molecule has 2 heteroatoms. The van der Waals surface area contributed by atoms with Crippen LogP contribution in [0.5, 0.6) is 0 Å². The lowest BCUT2D eigenvalue weighted by molar-refractivity contribution is 0.290. The van der Waals surface area contributed by atoms with Gasteiger partial charge in [0.15, 0.2) is 0 Å². The molecule has 0 aliphatic heterocycles. The third-order valence-corrected chi connectivity index (χ3v) is 2.32. The average Bonchev–Trinajstić information content (AvgIpc) is 2.35. The standard InChI is InChI=1S/C14H13NO/c16-11-3-1-2-6-12-7-4-8-13-9-5-10-15-14(12)13/h4-5,7-10,16H,1,3,11H2. The molecule has 0 spiro atoms. The van der Waals surface area contributed by atoms with Crippen LogP contribution in [0.2, 0.25) is 0 Å². The Hall–Kier alpha value is -1.85. The summed E-state index contributed by atoms with van der Waals surface area (Å²) in [7, 11) is 0. The summed E-state index contributed by atoms with van der Waals surface area (Å²) < 4.78 is 0. The summed E-state index contributed by atoms with van der Waals surface area (Å²) >= 11 is 0. The van der Waals surface area contributed by atoms with Crippen molar-refractivity contribution in [2.45, 2.75) is 12.8 Å².